The van der Waals surface area contributed by atoms with Gasteiger partial charge < -0.3 is 10.2 Å². The maximum Gasteiger partial charge on any atom is 0.238 e. The molecule has 1 saturated heterocycles. The number of nitrogens with one attached hydrogen (secondary N) is 1. The maximum atomic E-state index is 12.4. The van der Waals surface area contributed by atoms with Gasteiger partial charge in [-0.05, 0) is 24.6 Å². The standard InChI is InChI=1S/C19H22ClN7O/c1-13-3-4-16(15(20)9-13)24-17(28)11-26-5-7-27(8-6-26)19-14-10-23-25(2)18(14)21-12-22-19/h3-4,9-10,12H,5-8,11H2,1-2H3,(H,24,28). The minimum atomic E-state index is -0.0594. The van der Waals surface area contributed by atoms with E-state index in [-0.39, 0.29) is 5.91 Å². The van der Waals surface area contributed by atoms with Gasteiger partial charge in [0, 0.05) is 33.2 Å². The zero-order valence-electron chi connectivity index (χ0n) is 15.9. The number of aromatic nitrogens is 4. The van der Waals surface area contributed by atoms with E-state index in [0.717, 1.165) is 48.6 Å². The Morgan fingerprint density at radius 1 is 1.21 bits per heavy atom. The molecule has 1 aromatic carbocycles. The van der Waals surface area contributed by atoms with Crippen molar-refractivity contribution in [3.8, 4) is 0 Å². The number of fused-ring (bicyclic) bond motifs is 1. The third-order valence-corrected chi connectivity index (χ3v) is 5.26. The topological polar surface area (TPSA) is 79.2 Å². The van der Waals surface area contributed by atoms with E-state index in [1.807, 2.05) is 32.2 Å². The van der Waals surface area contributed by atoms with Gasteiger partial charge in [-0.1, -0.05) is 17.7 Å². The van der Waals surface area contributed by atoms with Crippen LogP contribution in [0.4, 0.5) is 11.5 Å². The van der Waals surface area contributed by atoms with Crippen LogP contribution in [0.5, 0.6) is 0 Å². The number of benzene rings is 1. The number of anilines is 2. The molecule has 8 nitrogen and oxygen atoms in total. The Bertz CT molecular complexity index is 1010. The third kappa shape index (κ3) is 3.79. The molecule has 1 aliphatic rings. The lowest BCUT2D eigenvalue weighted by atomic mass is 10.2. The van der Waals surface area contributed by atoms with Crippen molar-refractivity contribution in [1.82, 2.24) is 24.6 Å². The van der Waals surface area contributed by atoms with Crippen molar-refractivity contribution in [3.05, 3.63) is 41.3 Å². The first-order chi connectivity index (χ1) is 13.5. The summed E-state index contributed by atoms with van der Waals surface area (Å²) in [5.41, 5.74) is 2.53. The van der Waals surface area contributed by atoms with E-state index < -0.39 is 0 Å². The number of halogens is 1. The smallest absolute Gasteiger partial charge is 0.238 e. The van der Waals surface area contributed by atoms with Gasteiger partial charge in [-0.3, -0.25) is 14.4 Å². The Morgan fingerprint density at radius 3 is 2.75 bits per heavy atom. The van der Waals surface area contributed by atoms with Crippen molar-refractivity contribution in [2.75, 3.05) is 42.9 Å². The molecule has 0 atom stereocenters. The normalized spacial score (nSPS) is 15.2. The molecular formula is C19H22ClN7O. The minimum Gasteiger partial charge on any atom is -0.353 e. The van der Waals surface area contributed by atoms with E-state index in [1.54, 1.807) is 17.2 Å². The van der Waals surface area contributed by atoms with Gasteiger partial charge in [-0.15, -0.1) is 0 Å². The average molecular weight is 400 g/mol. The van der Waals surface area contributed by atoms with Crippen LogP contribution in [-0.2, 0) is 11.8 Å². The number of amides is 1. The van der Waals surface area contributed by atoms with Gasteiger partial charge in [0.05, 0.1) is 28.8 Å². The maximum absolute atomic E-state index is 12.4. The Labute approximate surface area is 168 Å². The largest absolute Gasteiger partial charge is 0.353 e. The van der Waals surface area contributed by atoms with Gasteiger partial charge in [0.25, 0.3) is 0 Å². The molecule has 3 aromatic rings. The lowest BCUT2D eigenvalue weighted by Crippen LogP contribution is -2.49. The number of nitrogens with zero attached hydrogens (tertiary/aromatic N) is 6. The molecule has 4 rings (SSSR count). The molecule has 0 unspecified atom stereocenters. The highest BCUT2D eigenvalue weighted by atomic mass is 35.5. The van der Waals surface area contributed by atoms with Gasteiger partial charge in [-0.25, -0.2) is 9.97 Å². The number of hydrogen-bond donors (Lipinski definition) is 1. The zero-order valence-corrected chi connectivity index (χ0v) is 16.6. The van der Waals surface area contributed by atoms with Crippen LogP contribution in [0.2, 0.25) is 5.02 Å². The summed E-state index contributed by atoms with van der Waals surface area (Å²) in [5.74, 6) is 0.838. The molecule has 0 saturated carbocycles. The highest BCUT2D eigenvalue weighted by molar-refractivity contribution is 6.33. The summed E-state index contributed by atoms with van der Waals surface area (Å²) in [4.78, 5) is 25.5. The summed E-state index contributed by atoms with van der Waals surface area (Å²) in [6.07, 6.45) is 3.38. The van der Waals surface area contributed by atoms with Crippen LogP contribution in [0.3, 0.4) is 0 Å². The first kappa shape index (κ1) is 18.6. The molecule has 1 amide bonds. The lowest BCUT2D eigenvalue weighted by molar-refractivity contribution is -0.117. The quantitative estimate of drug-likeness (QED) is 0.723. The van der Waals surface area contributed by atoms with Crippen molar-refractivity contribution < 1.29 is 4.79 Å². The predicted molar refractivity (Wildman–Crippen MR) is 110 cm³/mol. The Hall–Kier alpha value is -2.71. The SMILES string of the molecule is Cc1ccc(NC(=O)CN2CCN(c3ncnc4c3cnn4C)CC2)c(Cl)c1. The van der Waals surface area contributed by atoms with Gasteiger partial charge in [-0.2, -0.15) is 5.10 Å². The fourth-order valence-electron chi connectivity index (χ4n) is 3.43. The number of hydrogen-bond acceptors (Lipinski definition) is 6. The first-order valence-electron chi connectivity index (χ1n) is 9.17. The van der Waals surface area contributed by atoms with Gasteiger partial charge in [0.2, 0.25) is 5.91 Å². The van der Waals surface area contributed by atoms with Crippen molar-refractivity contribution in [2.45, 2.75) is 6.92 Å². The van der Waals surface area contributed by atoms with E-state index in [9.17, 15) is 4.79 Å². The van der Waals surface area contributed by atoms with E-state index in [2.05, 4.69) is 30.2 Å². The van der Waals surface area contributed by atoms with Crippen molar-refractivity contribution in [2.24, 2.45) is 7.05 Å². The van der Waals surface area contributed by atoms with Crippen LogP contribution in [-0.4, -0.2) is 63.3 Å². The average Bonchev–Trinajstić information content (AvgIpc) is 3.06. The summed E-state index contributed by atoms with van der Waals surface area (Å²) in [6, 6.07) is 5.61. The fraction of sp³-hybridized carbons (Fsp3) is 0.368. The molecule has 3 heterocycles. The molecule has 9 heteroatoms. The Kier molecular flexibility index (Phi) is 5.15. The summed E-state index contributed by atoms with van der Waals surface area (Å²) < 4.78 is 1.75. The summed E-state index contributed by atoms with van der Waals surface area (Å²) in [7, 11) is 1.87. The molecular weight excluding hydrogens is 378 g/mol. The van der Waals surface area contributed by atoms with Crippen LogP contribution in [0.15, 0.2) is 30.7 Å². The third-order valence-electron chi connectivity index (χ3n) is 4.95. The van der Waals surface area contributed by atoms with Crippen LogP contribution >= 0.6 is 11.6 Å². The molecule has 1 fully saturated rings. The summed E-state index contributed by atoms with van der Waals surface area (Å²) in [6.45, 7) is 5.44. The van der Waals surface area contributed by atoms with Crippen molar-refractivity contribution in [3.63, 3.8) is 0 Å². The second-order valence-electron chi connectivity index (χ2n) is 7.00. The number of rotatable bonds is 4. The first-order valence-corrected chi connectivity index (χ1v) is 9.55. The highest BCUT2D eigenvalue weighted by Gasteiger charge is 2.22. The van der Waals surface area contributed by atoms with E-state index in [0.29, 0.717) is 17.3 Å². The van der Waals surface area contributed by atoms with Gasteiger partial charge >= 0.3 is 0 Å². The van der Waals surface area contributed by atoms with Crippen molar-refractivity contribution >= 4 is 40.0 Å². The second-order valence-corrected chi connectivity index (χ2v) is 7.40. The number of carbonyl (C=O) groups excluding carboxylic acids is 1. The Balaban J connectivity index is 1.35. The van der Waals surface area contributed by atoms with E-state index >= 15 is 0 Å². The van der Waals surface area contributed by atoms with Gasteiger partial charge in [0.15, 0.2) is 5.65 Å². The van der Waals surface area contributed by atoms with E-state index in [4.69, 9.17) is 11.6 Å². The molecule has 0 spiro atoms. The zero-order chi connectivity index (χ0) is 19.7. The molecule has 2 aromatic heterocycles. The molecule has 28 heavy (non-hydrogen) atoms. The number of aryl methyl sites for hydroxylation is 2. The lowest BCUT2D eigenvalue weighted by Gasteiger charge is -2.35. The number of piperazine rings is 1. The monoisotopic (exact) mass is 399 g/mol. The molecule has 146 valence electrons. The van der Waals surface area contributed by atoms with E-state index in [1.165, 1.54) is 0 Å². The van der Waals surface area contributed by atoms with Crippen LogP contribution in [0.25, 0.3) is 11.0 Å². The molecule has 0 bridgehead atoms. The Morgan fingerprint density at radius 2 is 2.00 bits per heavy atom. The van der Waals surface area contributed by atoms with Crippen LogP contribution in [0.1, 0.15) is 5.56 Å². The molecule has 1 aliphatic heterocycles. The minimum absolute atomic E-state index is 0.0594. The van der Waals surface area contributed by atoms with Crippen LogP contribution < -0.4 is 10.2 Å². The summed E-state index contributed by atoms with van der Waals surface area (Å²) in [5, 5.41) is 8.68. The number of carbonyl (C=O) groups is 1. The molecule has 0 radical (unpaired) electrons. The summed E-state index contributed by atoms with van der Waals surface area (Å²) >= 11 is 6.20. The van der Waals surface area contributed by atoms with Crippen molar-refractivity contribution in [1.29, 1.82) is 0 Å². The second kappa shape index (κ2) is 7.73. The molecule has 0 aliphatic carbocycles. The predicted octanol–water partition coefficient (Wildman–Crippen LogP) is 2.09. The fourth-order valence-corrected chi connectivity index (χ4v) is 3.72. The molecule has 1 N–H and O–H groups in total. The highest BCUT2D eigenvalue weighted by Crippen LogP contribution is 2.24. The van der Waals surface area contributed by atoms with Crippen LogP contribution in [0, 0.1) is 6.92 Å². The van der Waals surface area contributed by atoms with Gasteiger partial charge in [0.1, 0.15) is 12.1 Å².